The second kappa shape index (κ2) is 10.0. The van der Waals surface area contributed by atoms with Crippen LogP contribution >= 0.6 is 0 Å². The first kappa shape index (κ1) is 20.0. The number of benzene rings is 2. The van der Waals surface area contributed by atoms with Crippen molar-refractivity contribution in [3.05, 3.63) is 58.6 Å². The quantitative estimate of drug-likeness (QED) is 0.391. The molecule has 0 heterocycles. The molecule has 8 nitrogen and oxygen atoms in total. The van der Waals surface area contributed by atoms with E-state index in [1.54, 1.807) is 0 Å². The van der Waals surface area contributed by atoms with Crippen molar-refractivity contribution in [2.45, 2.75) is 6.42 Å². The summed E-state index contributed by atoms with van der Waals surface area (Å²) in [5.74, 6) is 0.160. The molecule has 0 bridgehead atoms. The number of nitro benzene ring substituents is 1. The second-order valence-corrected chi connectivity index (χ2v) is 5.84. The summed E-state index contributed by atoms with van der Waals surface area (Å²) < 4.78 is 10.3. The Bertz CT molecular complexity index is 767. The van der Waals surface area contributed by atoms with Crippen LogP contribution in [0.4, 0.5) is 11.4 Å². The first-order valence-corrected chi connectivity index (χ1v) is 8.49. The fourth-order valence-electron chi connectivity index (χ4n) is 2.45. The number of carbonyl (C=O) groups is 1. The van der Waals surface area contributed by atoms with Crippen molar-refractivity contribution in [3.8, 4) is 11.5 Å². The van der Waals surface area contributed by atoms with Crippen molar-refractivity contribution in [1.82, 2.24) is 5.32 Å². The first-order chi connectivity index (χ1) is 13.0. The first-order valence-electron chi connectivity index (χ1n) is 8.49. The summed E-state index contributed by atoms with van der Waals surface area (Å²) in [4.78, 5) is 24.3. The normalized spacial score (nSPS) is 10.1. The maximum atomic E-state index is 11.9. The molecule has 2 rings (SSSR count). The molecule has 144 valence electrons. The van der Waals surface area contributed by atoms with Crippen LogP contribution in [-0.4, -0.2) is 44.7 Å². The van der Waals surface area contributed by atoms with Gasteiger partial charge < -0.3 is 19.7 Å². The molecular formula is C19H23N3O5. The predicted molar refractivity (Wildman–Crippen MR) is 102 cm³/mol. The summed E-state index contributed by atoms with van der Waals surface area (Å²) in [6.07, 6.45) is 0.794. The molecule has 0 aliphatic heterocycles. The lowest BCUT2D eigenvalue weighted by Gasteiger charge is -2.19. The molecule has 2 aromatic carbocycles. The summed E-state index contributed by atoms with van der Waals surface area (Å²) in [7, 11) is 3.34. The number of ether oxygens (including phenoxy) is 2. The van der Waals surface area contributed by atoms with Crippen LogP contribution in [0.2, 0.25) is 0 Å². The summed E-state index contributed by atoms with van der Waals surface area (Å²) in [5, 5.41) is 13.6. The Balaban J connectivity index is 1.71. The van der Waals surface area contributed by atoms with Crippen LogP contribution in [-0.2, 0) is 4.79 Å². The van der Waals surface area contributed by atoms with E-state index in [2.05, 4.69) is 10.2 Å². The van der Waals surface area contributed by atoms with E-state index in [9.17, 15) is 14.9 Å². The van der Waals surface area contributed by atoms with Gasteiger partial charge in [-0.3, -0.25) is 14.9 Å². The second-order valence-electron chi connectivity index (χ2n) is 5.84. The van der Waals surface area contributed by atoms with Gasteiger partial charge in [0.25, 0.3) is 5.91 Å². The van der Waals surface area contributed by atoms with Gasteiger partial charge in [-0.05, 0) is 24.6 Å². The zero-order valence-electron chi connectivity index (χ0n) is 15.4. The number of methoxy groups -OCH3 is 1. The summed E-state index contributed by atoms with van der Waals surface area (Å²) in [5.41, 5.74) is 0.969. The van der Waals surface area contributed by atoms with Crippen LogP contribution in [0.1, 0.15) is 6.42 Å². The lowest BCUT2D eigenvalue weighted by atomic mass is 10.3. The highest BCUT2D eigenvalue weighted by atomic mass is 16.6. The van der Waals surface area contributed by atoms with Crippen LogP contribution in [0.25, 0.3) is 0 Å². The molecule has 1 amide bonds. The van der Waals surface area contributed by atoms with Gasteiger partial charge in [0.2, 0.25) is 5.75 Å². The number of nitrogens with zero attached hydrogens (tertiary/aromatic N) is 2. The molecule has 0 fully saturated rings. The summed E-state index contributed by atoms with van der Waals surface area (Å²) in [6.45, 7) is 1.17. The molecule has 0 spiro atoms. The van der Waals surface area contributed by atoms with Crippen LogP contribution in [0.15, 0.2) is 48.5 Å². The number of amides is 1. The Morgan fingerprint density at radius 1 is 1.22 bits per heavy atom. The Kier molecular flexibility index (Phi) is 7.42. The van der Waals surface area contributed by atoms with Gasteiger partial charge in [-0.25, -0.2) is 0 Å². The van der Waals surface area contributed by atoms with Crippen molar-refractivity contribution in [3.63, 3.8) is 0 Å². The van der Waals surface area contributed by atoms with E-state index < -0.39 is 4.92 Å². The molecule has 8 heteroatoms. The van der Waals surface area contributed by atoms with E-state index in [4.69, 9.17) is 9.47 Å². The van der Waals surface area contributed by atoms with E-state index in [0.29, 0.717) is 12.3 Å². The zero-order chi connectivity index (χ0) is 19.6. The van der Waals surface area contributed by atoms with Gasteiger partial charge in [0.1, 0.15) is 5.75 Å². The van der Waals surface area contributed by atoms with Gasteiger partial charge in [-0.1, -0.05) is 18.2 Å². The topological polar surface area (TPSA) is 93.9 Å². The number of nitrogens with one attached hydrogen (secondary N) is 1. The average molecular weight is 373 g/mol. The summed E-state index contributed by atoms with van der Waals surface area (Å²) in [6, 6.07) is 14.1. The number of nitro groups is 1. The molecule has 0 aromatic heterocycles. The van der Waals surface area contributed by atoms with Gasteiger partial charge >= 0.3 is 5.69 Å². The Morgan fingerprint density at radius 3 is 2.63 bits per heavy atom. The summed E-state index contributed by atoms with van der Waals surface area (Å²) >= 11 is 0. The van der Waals surface area contributed by atoms with Crippen LogP contribution in [0.5, 0.6) is 11.5 Å². The van der Waals surface area contributed by atoms with E-state index in [-0.39, 0.29) is 24.0 Å². The Morgan fingerprint density at radius 2 is 1.96 bits per heavy atom. The van der Waals surface area contributed by atoms with E-state index in [1.807, 2.05) is 37.4 Å². The molecule has 2 aromatic rings. The van der Waals surface area contributed by atoms with Gasteiger partial charge in [-0.2, -0.15) is 0 Å². The van der Waals surface area contributed by atoms with Crippen LogP contribution < -0.4 is 19.7 Å². The Labute approximate surface area is 157 Å². The molecule has 27 heavy (non-hydrogen) atoms. The van der Waals surface area contributed by atoms with Crippen molar-refractivity contribution in [1.29, 1.82) is 0 Å². The maximum Gasteiger partial charge on any atom is 0.311 e. The Hall–Kier alpha value is -3.29. The molecule has 1 N–H and O–H groups in total. The number of anilines is 1. The van der Waals surface area contributed by atoms with E-state index in [0.717, 1.165) is 18.7 Å². The van der Waals surface area contributed by atoms with Crippen molar-refractivity contribution >= 4 is 17.3 Å². The van der Waals surface area contributed by atoms with Crippen LogP contribution in [0.3, 0.4) is 0 Å². The molecule has 0 atom stereocenters. The highest BCUT2D eigenvalue weighted by Crippen LogP contribution is 2.30. The smallest absolute Gasteiger partial charge is 0.311 e. The van der Waals surface area contributed by atoms with Crippen LogP contribution in [0, 0.1) is 10.1 Å². The number of rotatable bonds is 10. The maximum absolute atomic E-state index is 11.9. The fraction of sp³-hybridized carbons (Fsp3) is 0.316. The average Bonchev–Trinajstić information content (AvgIpc) is 2.69. The molecule has 0 aliphatic rings. The third-order valence-electron chi connectivity index (χ3n) is 3.91. The highest BCUT2D eigenvalue weighted by molar-refractivity contribution is 5.77. The number of hydrogen-bond acceptors (Lipinski definition) is 6. The molecule has 0 unspecified atom stereocenters. The lowest BCUT2D eigenvalue weighted by molar-refractivity contribution is -0.385. The van der Waals surface area contributed by atoms with Gasteiger partial charge in [0, 0.05) is 38.0 Å². The number of para-hydroxylation sites is 1. The third kappa shape index (κ3) is 6.18. The molecular weight excluding hydrogens is 350 g/mol. The van der Waals surface area contributed by atoms with E-state index >= 15 is 0 Å². The molecule has 0 aliphatic carbocycles. The number of hydrogen-bond donors (Lipinski definition) is 1. The predicted octanol–water partition coefficient (Wildman–Crippen LogP) is 2.62. The SMILES string of the molecule is COc1cc(OCC(=O)NCCCN(C)c2ccccc2)ccc1[N+](=O)[O-]. The van der Waals surface area contributed by atoms with Crippen molar-refractivity contribution < 1.29 is 19.2 Å². The standard InChI is InChI=1S/C19H23N3O5/c1-21(15-7-4-3-5-8-15)12-6-11-20-19(23)14-27-16-9-10-17(22(24)25)18(13-16)26-2/h3-5,7-10,13H,6,11-12,14H2,1-2H3,(H,20,23). The fourth-order valence-corrected chi connectivity index (χ4v) is 2.45. The van der Waals surface area contributed by atoms with Gasteiger partial charge in [0.05, 0.1) is 12.0 Å². The molecule has 0 radical (unpaired) electrons. The van der Waals surface area contributed by atoms with Crippen molar-refractivity contribution in [2.75, 3.05) is 38.8 Å². The monoisotopic (exact) mass is 373 g/mol. The largest absolute Gasteiger partial charge is 0.490 e. The minimum atomic E-state index is -0.540. The highest BCUT2D eigenvalue weighted by Gasteiger charge is 2.15. The number of carbonyl (C=O) groups excluding carboxylic acids is 1. The zero-order valence-corrected chi connectivity index (χ0v) is 15.4. The lowest BCUT2D eigenvalue weighted by Crippen LogP contribution is -2.31. The van der Waals surface area contributed by atoms with Gasteiger partial charge in [-0.15, -0.1) is 0 Å². The molecule has 0 saturated carbocycles. The minimum absolute atomic E-state index is 0.0851. The minimum Gasteiger partial charge on any atom is -0.490 e. The third-order valence-corrected chi connectivity index (χ3v) is 3.91. The van der Waals surface area contributed by atoms with E-state index in [1.165, 1.54) is 25.3 Å². The van der Waals surface area contributed by atoms with Crippen molar-refractivity contribution in [2.24, 2.45) is 0 Å². The van der Waals surface area contributed by atoms with Gasteiger partial charge in [0.15, 0.2) is 6.61 Å². The molecule has 0 saturated heterocycles.